The van der Waals surface area contributed by atoms with Crippen LogP contribution in [0, 0.1) is 12.8 Å². The molecule has 1 heterocycles. The molecule has 100 valence electrons. The molecular formula is C14H16N2O3. The van der Waals surface area contributed by atoms with Gasteiger partial charge < -0.3 is 10.1 Å². The Labute approximate surface area is 111 Å². The highest BCUT2D eigenvalue weighted by atomic mass is 16.5. The van der Waals surface area contributed by atoms with E-state index in [-0.39, 0.29) is 18.0 Å². The predicted octanol–water partition coefficient (Wildman–Crippen LogP) is 1.84. The monoisotopic (exact) mass is 260 g/mol. The summed E-state index contributed by atoms with van der Waals surface area (Å²) in [5.41, 5.74) is 1.40. The van der Waals surface area contributed by atoms with Crippen LogP contribution >= 0.6 is 0 Å². The first kappa shape index (κ1) is 12.0. The fraction of sp³-hybridized carbons (Fsp3) is 0.429. The Hall–Kier alpha value is -2.04. The van der Waals surface area contributed by atoms with Gasteiger partial charge in [0.1, 0.15) is 11.8 Å². The lowest BCUT2D eigenvalue weighted by Gasteiger charge is -2.18. The van der Waals surface area contributed by atoms with E-state index in [1.165, 1.54) is 12.0 Å². The summed E-state index contributed by atoms with van der Waals surface area (Å²) in [5.74, 6) is 0.677. The highest BCUT2D eigenvalue weighted by Gasteiger charge is 2.47. The second-order valence-corrected chi connectivity index (χ2v) is 5.06. The van der Waals surface area contributed by atoms with Crippen molar-refractivity contribution in [2.75, 3.05) is 12.0 Å². The predicted molar refractivity (Wildman–Crippen MR) is 70.3 cm³/mol. The summed E-state index contributed by atoms with van der Waals surface area (Å²) < 4.78 is 5.27. The van der Waals surface area contributed by atoms with Crippen LogP contribution in [0.1, 0.15) is 18.4 Å². The van der Waals surface area contributed by atoms with E-state index < -0.39 is 0 Å². The second kappa shape index (κ2) is 4.26. The molecule has 1 saturated heterocycles. The van der Waals surface area contributed by atoms with E-state index in [4.69, 9.17) is 4.74 Å². The molecule has 0 aromatic heterocycles. The summed E-state index contributed by atoms with van der Waals surface area (Å²) in [7, 11) is 1.54. The van der Waals surface area contributed by atoms with Crippen molar-refractivity contribution < 1.29 is 14.3 Å². The molecule has 19 heavy (non-hydrogen) atoms. The van der Waals surface area contributed by atoms with E-state index in [0.717, 1.165) is 18.4 Å². The molecule has 1 N–H and O–H groups in total. The number of anilines is 1. The van der Waals surface area contributed by atoms with Crippen molar-refractivity contribution in [2.24, 2.45) is 5.92 Å². The maximum atomic E-state index is 12.4. The minimum absolute atomic E-state index is 0.167. The van der Waals surface area contributed by atoms with E-state index in [9.17, 15) is 9.59 Å². The van der Waals surface area contributed by atoms with Crippen molar-refractivity contribution in [1.82, 2.24) is 5.32 Å². The molecule has 5 heteroatoms. The zero-order chi connectivity index (χ0) is 13.6. The molecule has 0 radical (unpaired) electrons. The Kier molecular flexibility index (Phi) is 2.69. The van der Waals surface area contributed by atoms with Crippen molar-refractivity contribution in [3.8, 4) is 5.75 Å². The number of urea groups is 1. The van der Waals surface area contributed by atoms with Gasteiger partial charge in [-0.15, -0.1) is 0 Å². The van der Waals surface area contributed by atoms with E-state index in [2.05, 4.69) is 5.32 Å². The summed E-state index contributed by atoms with van der Waals surface area (Å²) in [6.07, 6.45) is 2.02. The molecular weight excluding hydrogens is 244 g/mol. The number of hydrogen-bond acceptors (Lipinski definition) is 3. The summed E-state index contributed by atoms with van der Waals surface area (Å²) in [6.45, 7) is 1.86. The van der Waals surface area contributed by atoms with Crippen LogP contribution in [0.3, 0.4) is 0 Å². The van der Waals surface area contributed by atoms with Crippen LogP contribution in [0.2, 0.25) is 0 Å². The molecule has 1 aromatic rings. The highest BCUT2D eigenvalue weighted by molar-refractivity contribution is 6.22. The molecule has 0 spiro atoms. The molecule has 3 amide bonds. The first-order valence-corrected chi connectivity index (χ1v) is 6.41. The van der Waals surface area contributed by atoms with Gasteiger partial charge in [0.15, 0.2) is 0 Å². The number of benzene rings is 1. The molecule has 1 unspecified atom stereocenters. The maximum Gasteiger partial charge on any atom is 0.329 e. The van der Waals surface area contributed by atoms with Crippen LogP contribution in [-0.2, 0) is 4.79 Å². The van der Waals surface area contributed by atoms with Crippen molar-refractivity contribution >= 4 is 17.6 Å². The zero-order valence-electron chi connectivity index (χ0n) is 11.0. The van der Waals surface area contributed by atoms with Crippen LogP contribution in [0.4, 0.5) is 10.5 Å². The van der Waals surface area contributed by atoms with Crippen LogP contribution in [-0.4, -0.2) is 25.1 Å². The third kappa shape index (κ3) is 1.85. The van der Waals surface area contributed by atoms with Gasteiger partial charge in [-0.2, -0.15) is 0 Å². The average Bonchev–Trinajstić information content (AvgIpc) is 3.18. The number of ether oxygens (including phenoxy) is 1. The Morgan fingerprint density at radius 3 is 2.68 bits per heavy atom. The van der Waals surface area contributed by atoms with Gasteiger partial charge in [-0.1, -0.05) is 12.1 Å². The minimum Gasteiger partial charge on any atom is -0.495 e. The zero-order valence-corrected chi connectivity index (χ0v) is 11.0. The molecule has 2 fully saturated rings. The third-order valence-electron chi connectivity index (χ3n) is 3.71. The number of methoxy groups -OCH3 is 1. The molecule has 1 aliphatic carbocycles. The quantitative estimate of drug-likeness (QED) is 0.844. The molecule has 3 rings (SSSR count). The molecule has 0 bridgehead atoms. The van der Waals surface area contributed by atoms with Crippen LogP contribution in [0.5, 0.6) is 5.75 Å². The normalized spacial score (nSPS) is 22.6. The summed E-state index contributed by atoms with van der Waals surface area (Å²) >= 11 is 0. The highest BCUT2D eigenvalue weighted by Crippen LogP contribution is 2.39. The van der Waals surface area contributed by atoms with Crippen LogP contribution < -0.4 is 15.0 Å². The largest absolute Gasteiger partial charge is 0.495 e. The van der Waals surface area contributed by atoms with Gasteiger partial charge >= 0.3 is 6.03 Å². The van der Waals surface area contributed by atoms with E-state index in [1.54, 1.807) is 6.07 Å². The van der Waals surface area contributed by atoms with Gasteiger partial charge in [0.05, 0.1) is 12.8 Å². The van der Waals surface area contributed by atoms with Gasteiger partial charge in [-0.3, -0.25) is 4.79 Å². The van der Waals surface area contributed by atoms with Gasteiger partial charge in [0.25, 0.3) is 5.91 Å². The van der Waals surface area contributed by atoms with Gasteiger partial charge in [0.2, 0.25) is 0 Å². The smallest absolute Gasteiger partial charge is 0.329 e. The minimum atomic E-state index is -0.364. The molecule has 1 atom stereocenters. The standard InChI is InChI=1S/C14H16N2O3/c1-8-4-3-5-10(19-2)12(8)16-13(17)11(9-6-7-9)15-14(16)18/h3-5,9,11H,6-7H2,1-2H3,(H,15,18). The van der Waals surface area contributed by atoms with Crippen molar-refractivity contribution in [3.05, 3.63) is 23.8 Å². The molecule has 1 saturated carbocycles. The Morgan fingerprint density at radius 1 is 1.32 bits per heavy atom. The molecule has 2 aliphatic rings. The first-order chi connectivity index (χ1) is 9.13. The second-order valence-electron chi connectivity index (χ2n) is 5.06. The SMILES string of the molecule is COc1cccc(C)c1N1C(=O)NC(C2CC2)C1=O. The third-order valence-corrected chi connectivity index (χ3v) is 3.71. The fourth-order valence-corrected chi connectivity index (χ4v) is 2.54. The summed E-state index contributed by atoms with van der Waals surface area (Å²) in [6, 6.07) is 4.75. The number of nitrogens with zero attached hydrogens (tertiary/aromatic N) is 1. The van der Waals surface area contributed by atoms with Gasteiger partial charge in [0, 0.05) is 0 Å². The maximum absolute atomic E-state index is 12.4. The number of rotatable bonds is 3. The van der Waals surface area contributed by atoms with Crippen LogP contribution in [0.15, 0.2) is 18.2 Å². The van der Waals surface area contributed by atoms with Crippen LogP contribution in [0.25, 0.3) is 0 Å². The van der Waals surface area contributed by atoms with Gasteiger partial charge in [-0.05, 0) is 37.3 Å². The summed E-state index contributed by atoms with van der Waals surface area (Å²) in [4.78, 5) is 25.7. The van der Waals surface area contributed by atoms with E-state index in [1.807, 2.05) is 19.1 Å². The van der Waals surface area contributed by atoms with Crippen molar-refractivity contribution in [1.29, 1.82) is 0 Å². The number of carbonyl (C=O) groups excluding carboxylic acids is 2. The molecule has 1 aromatic carbocycles. The van der Waals surface area contributed by atoms with E-state index >= 15 is 0 Å². The number of imide groups is 1. The van der Waals surface area contributed by atoms with E-state index in [0.29, 0.717) is 17.4 Å². The number of hydrogen-bond donors (Lipinski definition) is 1. The number of amides is 3. The number of para-hydroxylation sites is 1. The first-order valence-electron chi connectivity index (χ1n) is 6.41. The number of aryl methyl sites for hydroxylation is 1. The topological polar surface area (TPSA) is 58.6 Å². The number of carbonyl (C=O) groups is 2. The fourth-order valence-electron chi connectivity index (χ4n) is 2.54. The lowest BCUT2D eigenvalue weighted by molar-refractivity contribution is -0.118. The van der Waals surface area contributed by atoms with Gasteiger partial charge in [-0.25, -0.2) is 9.69 Å². The lowest BCUT2D eigenvalue weighted by atomic mass is 10.1. The van der Waals surface area contributed by atoms with Crippen molar-refractivity contribution in [3.63, 3.8) is 0 Å². The Morgan fingerprint density at radius 2 is 2.05 bits per heavy atom. The Bertz CT molecular complexity index is 552. The lowest BCUT2D eigenvalue weighted by Crippen LogP contribution is -2.33. The molecule has 5 nitrogen and oxygen atoms in total. The Balaban J connectivity index is 2.02. The average molecular weight is 260 g/mol. The molecule has 1 aliphatic heterocycles. The number of nitrogens with one attached hydrogen (secondary N) is 1. The summed E-state index contributed by atoms with van der Waals surface area (Å²) in [5, 5.41) is 2.77. The van der Waals surface area contributed by atoms with Crippen molar-refractivity contribution in [2.45, 2.75) is 25.8 Å².